The summed E-state index contributed by atoms with van der Waals surface area (Å²) < 4.78 is 0. The maximum atomic E-state index is 12.3. The molecule has 3 rings (SSSR count). The number of hydrogen-bond donors (Lipinski definition) is 2. The number of hydrogen-bond acceptors (Lipinski definition) is 3. The molecule has 114 valence electrons. The van der Waals surface area contributed by atoms with Crippen LogP contribution >= 0.6 is 12.6 Å². The summed E-state index contributed by atoms with van der Waals surface area (Å²) in [5.74, 6) is 0.0821. The molecule has 4 heteroatoms. The topological polar surface area (TPSA) is 32.3 Å². The first-order chi connectivity index (χ1) is 10.2. The summed E-state index contributed by atoms with van der Waals surface area (Å²) in [5.41, 5.74) is 1.17. The molecule has 3 nitrogen and oxygen atoms in total. The number of fused-ring (bicyclic) bond motifs is 1. The number of benzene rings is 1. The summed E-state index contributed by atoms with van der Waals surface area (Å²) in [4.78, 5) is 14.9. The third kappa shape index (κ3) is 3.80. The number of nitrogens with zero attached hydrogens (tertiary/aromatic N) is 1. The highest BCUT2D eigenvalue weighted by molar-refractivity contribution is 7.81. The van der Waals surface area contributed by atoms with E-state index >= 15 is 0 Å². The van der Waals surface area contributed by atoms with Gasteiger partial charge in [-0.2, -0.15) is 12.6 Å². The molecule has 1 aromatic carbocycles. The van der Waals surface area contributed by atoms with Crippen LogP contribution in [0.15, 0.2) is 30.3 Å². The minimum absolute atomic E-state index is 0.0821. The largest absolute Gasteiger partial charge is 0.352 e. The van der Waals surface area contributed by atoms with Gasteiger partial charge in [-0.1, -0.05) is 30.3 Å². The highest BCUT2D eigenvalue weighted by atomic mass is 32.1. The quantitative estimate of drug-likeness (QED) is 0.837. The van der Waals surface area contributed by atoms with Crippen LogP contribution in [0.4, 0.5) is 0 Å². The first-order valence-corrected chi connectivity index (χ1v) is 8.50. The maximum Gasteiger partial charge on any atom is 0.233 e. The summed E-state index contributed by atoms with van der Waals surface area (Å²) in [6, 6.07) is 11.1. The number of amides is 1. The van der Waals surface area contributed by atoms with Gasteiger partial charge in [-0.3, -0.25) is 4.79 Å². The number of nitrogens with one attached hydrogen (secondary N) is 1. The Morgan fingerprint density at radius 1 is 1.29 bits per heavy atom. The number of rotatable bonds is 4. The molecule has 0 aromatic heterocycles. The predicted molar refractivity (Wildman–Crippen MR) is 88.7 cm³/mol. The van der Waals surface area contributed by atoms with E-state index in [1.807, 2.05) is 30.3 Å². The number of thiol groups is 1. The van der Waals surface area contributed by atoms with E-state index in [1.165, 1.54) is 24.9 Å². The number of carbonyl (C=O) groups is 1. The Hall–Kier alpha value is -1.00. The van der Waals surface area contributed by atoms with Gasteiger partial charge in [-0.25, -0.2) is 0 Å². The van der Waals surface area contributed by atoms with E-state index < -0.39 is 0 Å². The summed E-state index contributed by atoms with van der Waals surface area (Å²) in [6.07, 6.45) is 5.49. The van der Waals surface area contributed by atoms with Gasteiger partial charge >= 0.3 is 0 Å². The fourth-order valence-corrected chi connectivity index (χ4v) is 3.87. The zero-order valence-electron chi connectivity index (χ0n) is 12.4. The van der Waals surface area contributed by atoms with Crippen molar-refractivity contribution in [2.75, 3.05) is 13.1 Å². The van der Waals surface area contributed by atoms with E-state index in [2.05, 4.69) is 22.8 Å². The second kappa shape index (κ2) is 6.84. The molecule has 3 unspecified atom stereocenters. The lowest BCUT2D eigenvalue weighted by Crippen LogP contribution is -2.49. The van der Waals surface area contributed by atoms with Crippen molar-refractivity contribution in [3.05, 3.63) is 35.9 Å². The lowest BCUT2D eigenvalue weighted by atomic mass is 9.97. The molecular formula is C17H24N2OS. The molecular weight excluding hydrogens is 280 g/mol. The van der Waals surface area contributed by atoms with E-state index in [1.54, 1.807) is 0 Å². The Labute approximate surface area is 132 Å². The maximum absolute atomic E-state index is 12.3. The van der Waals surface area contributed by atoms with Crippen LogP contribution in [0.5, 0.6) is 0 Å². The standard InChI is InChI=1S/C17H24N2OS/c20-17(16(21)11-13-5-2-1-3-6-13)18-14-8-10-19-9-4-7-15(19)12-14/h1-3,5-6,14-16,21H,4,7-12H2,(H,18,20). The molecule has 0 spiro atoms. The molecule has 2 aliphatic heterocycles. The molecule has 0 bridgehead atoms. The Balaban J connectivity index is 1.49. The molecule has 21 heavy (non-hydrogen) atoms. The van der Waals surface area contributed by atoms with Crippen LogP contribution in [0.2, 0.25) is 0 Å². The van der Waals surface area contributed by atoms with E-state index in [9.17, 15) is 4.79 Å². The van der Waals surface area contributed by atoms with Gasteiger partial charge in [0.25, 0.3) is 0 Å². The zero-order valence-corrected chi connectivity index (χ0v) is 13.3. The predicted octanol–water partition coefficient (Wildman–Crippen LogP) is 2.27. The zero-order chi connectivity index (χ0) is 14.7. The van der Waals surface area contributed by atoms with Gasteiger partial charge in [0.05, 0.1) is 5.25 Å². The van der Waals surface area contributed by atoms with Gasteiger partial charge in [0.1, 0.15) is 0 Å². The Morgan fingerprint density at radius 2 is 2.10 bits per heavy atom. The second-order valence-electron chi connectivity index (χ2n) is 6.27. The van der Waals surface area contributed by atoms with Crippen molar-refractivity contribution >= 4 is 18.5 Å². The van der Waals surface area contributed by atoms with Crippen LogP contribution in [0, 0.1) is 0 Å². The van der Waals surface area contributed by atoms with Gasteiger partial charge in [-0.05, 0) is 44.2 Å². The molecule has 1 N–H and O–H groups in total. The normalized spacial score (nSPS) is 27.1. The summed E-state index contributed by atoms with van der Waals surface area (Å²) in [6.45, 7) is 2.38. The van der Waals surface area contributed by atoms with Gasteiger partial charge < -0.3 is 10.2 Å². The van der Waals surface area contributed by atoms with E-state index in [-0.39, 0.29) is 11.2 Å². The van der Waals surface area contributed by atoms with Crippen molar-refractivity contribution in [2.45, 2.75) is 49.4 Å². The number of carbonyl (C=O) groups excluding carboxylic acids is 1. The van der Waals surface area contributed by atoms with Gasteiger partial charge in [0.15, 0.2) is 0 Å². The van der Waals surface area contributed by atoms with Crippen molar-refractivity contribution in [1.29, 1.82) is 0 Å². The lowest BCUT2D eigenvalue weighted by Gasteiger charge is -2.35. The second-order valence-corrected chi connectivity index (χ2v) is 6.89. The van der Waals surface area contributed by atoms with Crippen molar-refractivity contribution in [2.24, 2.45) is 0 Å². The molecule has 0 saturated carbocycles. The van der Waals surface area contributed by atoms with Crippen LogP contribution in [-0.2, 0) is 11.2 Å². The number of piperidine rings is 1. The third-order valence-corrected chi connectivity index (χ3v) is 5.16. The minimum Gasteiger partial charge on any atom is -0.352 e. The monoisotopic (exact) mass is 304 g/mol. The van der Waals surface area contributed by atoms with Crippen molar-refractivity contribution in [3.8, 4) is 0 Å². The van der Waals surface area contributed by atoms with Crippen LogP contribution in [0.25, 0.3) is 0 Å². The smallest absolute Gasteiger partial charge is 0.233 e. The molecule has 1 amide bonds. The van der Waals surface area contributed by atoms with Crippen molar-refractivity contribution < 1.29 is 4.79 Å². The third-order valence-electron chi connectivity index (χ3n) is 4.74. The van der Waals surface area contributed by atoms with Gasteiger partial charge in [0, 0.05) is 18.6 Å². The van der Waals surface area contributed by atoms with E-state index in [4.69, 9.17) is 0 Å². The van der Waals surface area contributed by atoms with Crippen LogP contribution in [0.3, 0.4) is 0 Å². The summed E-state index contributed by atoms with van der Waals surface area (Å²) >= 11 is 4.49. The molecule has 2 saturated heterocycles. The van der Waals surface area contributed by atoms with Crippen molar-refractivity contribution in [3.63, 3.8) is 0 Å². The van der Waals surface area contributed by atoms with Crippen LogP contribution < -0.4 is 5.32 Å². The highest BCUT2D eigenvalue weighted by Gasteiger charge is 2.32. The fourth-order valence-electron chi connectivity index (χ4n) is 3.58. The molecule has 3 atom stereocenters. The minimum atomic E-state index is -0.256. The molecule has 0 aliphatic carbocycles. The summed E-state index contributed by atoms with van der Waals surface area (Å²) in [7, 11) is 0. The highest BCUT2D eigenvalue weighted by Crippen LogP contribution is 2.27. The fraction of sp³-hybridized carbons (Fsp3) is 0.588. The molecule has 1 aromatic rings. The molecule has 2 heterocycles. The SMILES string of the molecule is O=C(NC1CCN2CCCC2C1)C(S)Cc1ccccc1. The average Bonchev–Trinajstić information content (AvgIpc) is 2.95. The Bertz CT molecular complexity index is 479. The molecule has 2 fully saturated rings. The van der Waals surface area contributed by atoms with Crippen LogP contribution in [-0.4, -0.2) is 41.2 Å². The van der Waals surface area contributed by atoms with E-state index in [0.29, 0.717) is 18.5 Å². The Kier molecular flexibility index (Phi) is 4.86. The van der Waals surface area contributed by atoms with E-state index in [0.717, 1.165) is 19.4 Å². The first kappa shape index (κ1) is 14.9. The molecule has 0 radical (unpaired) electrons. The van der Waals surface area contributed by atoms with Gasteiger partial charge in [-0.15, -0.1) is 0 Å². The molecule has 2 aliphatic rings. The Morgan fingerprint density at radius 3 is 2.90 bits per heavy atom. The average molecular weight is 304 g/mol. The van der Waals surface area contributed by atoms with Crippen molar-refractivity contribution in [1.82, 2.24) is 10.2 Å². The van der Waals surface area contributed by atoms with Gasteiger partial charge in [0.2, 0.25) is 5.91 Å². The van der Waals surface area contributed by atoms with Crippen LogP contribution in [0.1, 0.15) is 31.2 Å². The first-order valence-electron chi connectivity index (χ1n) is 7.99. The lowest BCUT2D eigenvalue weighted by molar-refractivity contribution is -0.121. The summed E-state index contributed by atoms with van der Waals surface area (Å²) in [5, 5.41) is 2.95.